The molecule has 1 amide bonds. The standard InChI is InChI=1S/C14H16F2N2O5S/c1-18(10-4-5-24(20,21)8-10)7-13(19)17-9-2-3-11-12(6-9)23-14(15,16)22-11/h2-3,6,10H,4-5,7-8H2,1H3,(H,17,19)/t10-/m0/s1. The largest absolute Gasteiger partial charge is 0.586 e. The monoisotopic (exact) mass is 362 g/mol. The fourth-order valence-corrected chi connectivity index (χ4v) is 4.51. The molecule has 2 aliphatic heterocycles. The van der Waals surface area contributed by atoms with Gasteiger partial charge in [0.05, 0.1) is 18.1 Å². The summed E-state index contributed by atoms with van der Waals surface area (Å²) in [5.41, 5.74) is 0.285. The number of carbonyl (C=O) groups is 1. The summed E-state index contributed by atoms with van der Waals surface area (Å²) >= 11 is 0. The Balaban J connectivity index is 1.58. The molecular weight excluding hydrogens is 346 g/mol. The Morgan fingerprint density at radius 1 is 1.38 bits per heavy atom. The summed E-state index contributed by atoms with van der Waals surface area (Å²) in [6, 6.07) is 3.74. The smallest absolute Gasteiger partial charge is 0.395 e. The number of alkyl halides is 2. The van der Waals surface area contributed by atoms with Crippen molar-refractivity contribution in [2.45, 2.75) is 18.8 Å². The molecule has 0 aliphatic carbocycles. The average molecular weight is 362 g/mol. The molecule has 1 N–H and O–H groups in total. The molecule has 10 heteroatoms. The molecule has 0 radical (unpaired) electrons. The zero-order valence-electron chi connectivity index (χ0n) is 12.8. The Kier molecular flexibility index (Phi) is 4.12. The predicted octanol–water partition coefficient (Wildman–Crippen LogP) is 1.07. The number of rotatable bonds is 4. The van der Waals surface area contributed by atoms with Gasteiger partial charge in [0, 0.05) is 17.8 Å². The Morgan fingerprint density at radius 3 is 2.75 bits per heavy atom. The molecule has 1 aromatic rings. The van der Waals surface area contributed by atoms with Crippen LogP contribution in [0.15, 0.2) is 18.2 Å². The highest BCUT2D eigenvalue weighted by Gasteiger charge is 2.43. The van der Waals surface area contributed by atoms with Crippen LogP contribution in [0.4, 0.5) is 14.5 Å². The molecule has 0 spiro atoms. The molecule has 2 heterocycles. The maximum atomic E-state index is 13.0. The summed E-state index contributed by atoms with van der Waals surface area (Å²) in [5, 5.41) is 2.56. The van der Waals surface area contributed by atoms with Crippen molar-refractivity contribution in [1.82, 2.24) is 4.90 Å². The SMILES string of the molecule is CN(CC(=O)Nc1ccc2c(c1)OC(F)(F)O2)[C@H]1CCS(=O)(=O)C1. The van der Waals surface area contributed by atoms with E-state index in [0.717, 1.165) is 0 Å². The van der Waals surface area contributed by atoms with Crippen molar-refractivity contribution in [2.24, 2.45) is 0 Å². The summed E-state index contributed by atoms with van der Waals surface area (Å²) in [6.07, 6.45) is -3.22. The number of nitrogens with zero attached hydrogens (tertiary/aromatic N) is 1. The van der Waals surface area contributed by atoms with Crippen LogP contribution in [0.5, 0.6) is 11.5 Å². The van der Waals surface area contributed by atoms with Crippen LogP contribution in [0, 0.1) is 0 Å². The molecular formula is C14H16F2N2O5S. The number of benzene rings is 1. The van der Waals surface area contributed by atoms with Crippen LogP contribution in [0.2, 0.25) is 0 Å². The first-order chi connectivity index (χ1) is 11.1. The van der Waals surface area contributed by atoms with Crippen molar-refractivity contribution in [3.05, 3.63) is 18.2 Å². The highest BCUT2D eigenvalue weighted by Crippen LogP contribution is 2.42. The van der Waals surface area contributed by atoms with Crippen LogP contribution in [-0.4, -0.2) is 56.7 Å². The highest BCUT2D eigenvalue weighted by atomic mass is 32.2. The van der Waals surface area contributed by atoms with Gasteiger partial charge in [-0.1, -0.05) is 0 Å². The molecule has 1 aromatic carbocycles. The third-order valence-electron chi connectivity index (χ3n) is 3.91. The van der Waals surface area contributed by atoms with E-state index < -0.39 is 16.1 Å². The summed E-state index contributed by atoms with van der Waals surface area (Å²) < 4.78 is 57.4. The summed E-state index contributed by atoms with van der Waals surface area (Å²) in [4.78, 5) is 13.7. The minimum Gasteiger partial charge on any atom is -0.395 e. The Hall–Kier alpha value is -1.94. The first-order valence-corrected chi connectivity index (χ1v) is 9.06. The number of amides is 1. The van der Waals surface area contributed by atoms with E-state index in [2.05, 4.69) is 14.8 Å². The summed E-state index contributed by atoms with van der Waals surface area (Å²) in [7, 11) is -1.36. The highest BCUT2D eigenvalue weighted by molar-refractivity contribution is 7.91. The lowest BCUT2D eigenvalue weighted by atomic mass is 10.2. The minimum atomic E-state index is -3.71. The van der Waals surface area contributed by atoms with E-state index >= 15 is 0 Å². The van der Waals surface area contributed by atoms with Crippen molar-refractivity contribution in [3.63, 3.8) is 0 Å². The van der Waals surface area contributed by atoms with E-state index in [1.165, 1.54) is 18.2 Å². The van der Waals surface area contributed by atoms with Crippen molar-refractivity contribution in [1.29, 1.82) is 0 Å². The maximum absolute atomic E-state index is 13.0. The first-order valence-electron chi connectivity index (χ1n) is 7.24. The third kappa shape index (κ3) is 3.75. The Labute approximate surface area is 137 Å². The van der Waals surface area contributed by atoms with Gasteiger partial charge in [-0.05, 0) is 25.6 Å². The van der Waals surface area contributed by atoms with Gasteiger partial charge in [-0.3, -0.25) is 9.69 Å². The molecule has 132 valence electrons. The number of hydrogen-bond acceptors (Lipinski definition) is 6. The molecule has 2 aliphatic rings. The second-order valence-electron chi connectivity index (χ2n) is 5.85. The Bertz CT molecular complexity index is 768. The van der Waals surface area contributed by atoms with Gasteiger partial charge in [0.2, 0.25) is 5.91 Å². The van der Waals surface area contributed by atoms with E-state index in [9.17, 15) is 22.0 Å². The molecule has 0 saturated carbocycles. The third-order valence-corrected chi connectivity index (χ3v) is 5.66. The van der Waals surface area contributed by atoms with Crippen LogP contribution in [0.25, 0.3) is 0 Å². The number of fused-ring (bicyclic) bond motifs is 1. The molecule has 3 rings (SSSR count). The first kappa shape index (κ1) is 16.9. The number of sulfone groups is 1. The van der Waals surface area contributed by atoms with Gasteiger partial charge in [-0.25, -0.2) is 8.42 Å². The summed E-state index contributed by atoms with van der Waals surface area (Å²) in [5.74, 6) is -0.484. The van der Waals surface area contributed by atoms with E-state index in [0.29, 0.717) is 6.42 Å². The minimum absolute atomic E-state index is 0.00914. The molecule has 24 heavy (non-hydrogen) atoms. The average Bonchev–Trinajstić information content (AvgIpc) is 2.95. The van der Waals surface area contributed by atoms with E-state index in [4.69, 9.17) is 0 Å². The van der Waals surface area contributed by atoms with Crippen molar-refractivity contribution < 1.29 is 31.5 Å². The second kappa shape index (κ2) is 5.85. The number of halogens is 2. The predicted molar refractivity (Wildman–Crippen MR) is 81.0 cm³/mol. The number of carbonyl (C=O) groups excluding carboxylic acids is 1. The normalized spacial score (nSPS) is 23.4. The summed E-state index contributed by atoms with van der Waals surface area (Å²) in [6.45, 7) is -0.00914. The number of ether oxygens (including phenoxy) is 2. The van der Waals surface area contributed by atoms with Gasteiger partial charge in [-0.15, -0.1) is 8.78 Å². The van der Waals surface area contributed by atoms with E-state index in [-0.39, 0.29) is 47.2 Å². The molecule has 1 saturated heterocycles. The molecule has 0 aromatic heterocycles. The van der Waals surface area contributed by atoms with Crippen LogP contribution < -0.4 is 14.8 Å². The van der Waals surface area contributed by atoms with Gasteiger partial charge in [0.25, 0.3) is 0 Å². The fraction of sp³-hybridized carbons (Fsp3) is 0.500. The topological polar surface area (TPSA) is 84.9 Å². The number of anilines is 1. The van der Waals surface area contributed by atoms with Gasteiger partial charge in [0.1, 0.15) is 0 Å². The Morgan fingerprint density at radius 2 is 2.08 bits per heavy atom. The molecule has 1 fully saturated rings. The lowest BCUT2D eigenvalue weighted by Crippen LogP contribution is -2.38. The van der Waals surface area contributed by atoms with E-state index in [1.54, 1.807) is 11.9 Å². The number of hydrogen-bond donors (Lipinski definition) is 1. The van der Waals surface area contributed by atoms with Crippen LogP contribution in [-0.2, 0) is 14.6 Å². The zero-order chi connectivity index (χ0) is 17.5. The van der Waals surface area contributed by atoms with Crippen molar-refractivity contribution in [2.75, 3.05) is 30.4 Å². The maximum Gasteiger partial charge on any atom is 0.586 e. The molecule has 0 unspecified atom stereocenters. The lowest BCUT2D eigenvalue weighted by Gasteiger charge is -2.22. The quantitative estimate of drug-likeness (QED) is 0.862. The van der Waals surface area contributed by atoms with Crippen LogP contribution >= 0.6 is 0 Å². The number of nitrogens with one attached hydrogen (secondary N) is 1. The van der Waals surface area contributed by atoms with Crippen molar-refractivity contribution >= 4 is 21.4 Å². The van der Waals surface area contributed by atoms with E-state index in [1.807, 2.05) is 0 Å². The van der Waals surface area contributed by atoms with Gasteiger partial charge in [0.15, 0.2) is 21.3 Å². The molecule has 0 bridgehead atoms. The fourth-order valence-electron chi connectivity index (χ4n) is 2.71. The molecule has 1 atom stereocenters. The van der Waals surface area contributed by atoms with Gasteiger partial charge < -0.3 is 14.8 Å². The lowest BCUT2D eigenvalue weighted by molar-refractivity contribution is -0.286. The van der Waals surface area contributed by atoms with Crippen molar-refractivity contribution in [3.8, 4) is 11.5 Å². The number of likely N-dealkylation sites (N-methyl/N-ethyl adjacent to an activating group) is 1. The van der Waals surface area contributed by atoms with Crippen LogP contribution in [0.3, 0.4) is 0 Å². The van der Waals surface area contributed by atoms with Gasteiger partial charge >= 0.3 is 6.29 Å². The second-order valence-corrected chi connectivity index (χ2v) is 8.08. The molecule has 7 nitrogen and oxygen atoms in total. The zero-order valence-corrected chi connectivity index (χ0v) is 13.6. The van der Waals surface area contributed by atoms with Crippen LogP contribution in [0.1, 0.15) is 6.42 Å². The van der Waals surface area contributed by atoms with Gasteiger partial charge in [-0.2, -0.15) is 0 Å².